The van der Waals surface area contributed by atoms with Crippen molar-refractivity contribution >= 4 is 40.9 Å². The van der Waals surface area contributed by atoms with Crippen molar-refractivity contribution in [2.45, 2.75) is 23.8 Å². The first-order valence-electron chi connectivity index (χ1n) is 11.9. The molecule has 5 rings (SSSR count). The lowest BCUT2D eigenvalue weighted by molar-refractivity contribution is 0.0949. The molecule has 3 aromatic carbocycles. The lowest BCUT2D eigenvalue weighted by Crippen LogP contribution is -2.26. The maximum atomic E-state index is 12.5. The molecule has 2 heterocycles. The normalized spacial score (nSPS) is 11.0. The summed E-state index contributed by atoms with van der Waals surface area (Å²) in [6.45, 7) is 0.511. The van der Waals surface area contributed by atoms with Crippen molar-refractivity contribution in [3.8, 4) is 5.69 Å². The van der Waals surface area contributed by atoms with Gasteiger partial charge in [-0.1, -0.05) is 95.6 Å². The van der Waals surface area contributed by atoms with Crippen LogP contribution < -0.4 is 5.32 Å². The molecular formula is C28H23Cl2N5O2S. The van der Waals surface area contributed by atoms with Gasteiger partial charge in [0.25, 0.3) is 5.91 Å². The molecule has 0 aliphatic carbocycles. The smallest absolute Gasteiger partial charge is 0.273 e. The van der Waals surface area contributed by atoms with Crippen LogP contribution in [0.25, 0.3) is 5.69 Å². The number of hydrogen-bond acceptors (Lipinski definition) is 6. The molecule has 1 amide bonds. The number of amides is 1. The lowest BCUT2D eigenvalue weighted by Gasteiger charge is -2.11. The minimum atomic E-state index is -0.273. The predicted octanol–water partition coefficient (Wildman–Crippen LogP) is 6.42. The summed E-state index contributed by atoms with van der Waals surface area (Å²) in [5, 5.41) is 13.3. The lowest BCUT2D eigenvalue weighted by atomic mass is 10.1. The third-order valence-corrected chi connectivity index (χ3v) is 7.37. The molecule has 38 heavy (non-hydrogen) atoms. The van der Waals surface area contributed by atoms with Gasteiger partial charge in [-0.2, -0.15) is 0 Å². The average molecular weight is 564 g/mol. The van der Waals surface area contributed by atoms with Crippen LogP contribution in [0.1, 0.15) is 33.3 Å². The fraction of sp³-hybridized carbons (Fsp3) is 0.143. The fourth-order valence-corrected chi connectivity index (χ4v) is 4.95. The number of rotatable bonds is 10. The molecular weight excluding hydrogens is 541 g/mol. The maximum Gasteiger partial charge on any atom is 0.273 e. The van der Waals surface area contributed by atoms with Crippen LogP contribution in [-0.2, 0) is 18.6 Å². The molecule has 0 radical (unpaired) electrons. The van der Waals surface area contributed by atoms with Crippen molar-refractivity contribution in [1.29, 1.82) is 0 Å². The molecule has 1 N–H and O–H groups in total. The molecule has 5 aromatic rings. The van der Waals surface area contributed by atoms with Gasteiger partial charge in [0.05, 0.1) is 21.5 Å². The summed E-state index contributed by atoms with van der Waals surface area (Å²) < 4.78 is 7.51. The van der Waals surface area contributed by atoms with Gasteiger partial charge in [0.15, 0.2) is 10.9 Å². The van der Waals surface area contributed by atoms with Gasteiger partial charge in [-0.25, -0.2) is 4.98 Å². The second-order valence-electron chi connectivity index (χ2n) is 8.40. The number of thioether (sulfide) groups is 1. The van der Waals surface area contributed by atoms with Crippen LogP contribution in [0.4, 0.5) is 0 Å². The quantitative estimate of drug-likeness (QED) is 0.197. The van der Waals surface area contributed by atoms with E-state index in [1.54, 1.807) is 12.1 Å². The SMILES string of the molecule is O=C(NCCc1ccccc1)c1coc(CSc2nnc(Cc3ccccc3)n2-c2ccc(Cl)c(Cl)c2)n1. The molecule has 192 valence electrons. The predicted molar refractivity (Wildman–Crippen MR) is 149 cm³/mol. The zero-order valence-corrected chi connectivity index (χ0v) is 22.5. The second-order valence-corrected chi connectivity index (χ2v) is 10.2. The summed E-state index contributed by atoms with van der Waals surface area (Å²) in [5.41, 5.74) is 3.30. The molecule has 7 nitrogen and oxygen atoms in total. The number of carbonyl (C=O) groups is 1. The first-order chi connectivity index (χ1) is 18.6. The van der Waals surface area contributed by atoms with E-state index in [-0.39, 0.29) is 11.6 Å². The number of carbonyl (C=O) groups excluding carboxylic acids is 1. The summed E-state index contributed by atoms with van der Waals surface area (Å²) >= 11 is 13.9. The summed E-state index contributed by atoms with van der Waals surface area (Å²) in [4.78, 5) is 16.9. The molecule has 0 spiro atoms. The minimum Gasteiger partial charge on any atom is -0.447 e. The first-order valence-corrected chi connectivity index (χ1v) is 13.6. The largest absolute Gasteiger partial charge is 0.447 e. The molecule has 2 aromatic heterocycles. The fourth-order valence-electron chi connectivity index (χ4n) is 3.83. The molecule has 0 atom stereocenters. The van der Waals surface area contributed by atoms with Crippen LogP contribution >= 0.6 is 35.0 Å². The highest BCUT2D eigenvalue weighted by molar-refractivity contribution is 7.98. The Kier molecular flexibility index (Phi) is 8.43. The standard InChI is InChI=1S/C28H23Cl2N5O2S/c29-22-12-11-21(16-23(22)30)35-25(15-20-9-5-2-6-10-20)33-34-28(35)38-18-26-32-24(17-37-26)27(36)31-14-13-19-7-3-1-4-8-19/h1-12,16-17H,13-15,18H2,(H,31,36). The van der Waals surface area contributed by atoms with Crippen LogP contribution in [0.2, 0.25) is 10.0 Å². The molecule has 0 fully saturated rings. The third kappa shape index (κ3) is 6.45. The summed E-state index contributed by atoms with van der Waals surface area (Å²) in [7, 11) is 0. The number of nitrogens with one attached hydrogen (secondary N) is 1. The van der Waals surface area contributed by atoms with Crippen LogP contribution in [0, 0.1) is 0 Å². The molecule has 0 aliphatic heterocycles. The van der Waals surface area contributed by atoms with E-state index in [2.05, 4.69) is 20.5 Å². The zero-order chi connectivity index (χ0) is 26.3. The van der Waals surface area contributed by atoms with Crippen LogP contribution in [0.3, 0.4) is 0 Å². The molecule has 10 heteroatoms. The monoisotopic (exact) mass is 563 g/mol. The van der Waals surface area contributed by atoms with E-state index in [9.17, 15) is 4.79 Å². The molecule has 0 unspecified atom stereocenters. The summed E-state index contributed by atoms with van der Waals surface area (Å²) in [6.07, 6.45) is 2.70. The van der Waals surface area contributed by atoms with Crippen molar-refractivity contribution in [2.75, 3.05) is 6.54 Å². The number of nitrogens with zero attached hydrogens (tertiary/aromatic N) is 4. The molecule has 0 saturated heterocycles. The summed E-state index contributed by atoms with van der Waals surface area (Å²) in [5.74, 6) is 1.26. The van der Waals surface area contributed by atoms with Crippen molar-refractivity contribution < 1.29 is 9.21 Å². The molecule has 0 saturated carbocycles. The van der Waals surface area contributed by atoms with E-state index in [1.807, 2.05) is 71.3 Å². The Hall–Kier alpha value is -3.59. The van der Waals surface area contributed by atoms with E-state index < -0.39 is 0 Å². The topological polar surface area (TPSA) is 85.8 Å². The highest BCUT2D eigenvalue weighted by atomic mass is 35.5. The van der Waals surface area contributed by atoms with Crippen LogP contribution in [-0.4, -0.2) is 32.2 Å². The Morgan fingerprint density at radius 3 is 2.39 bits per heavy atom. The Labute approximate surface area is 234 Å². The van der Waals surface area contributed by atoms with E-state index in [1.165, 1.54) is 18.0 Å². The highest BCUT2D eigenvalue weighted by Crippen LogP contribution is 2.30. The highest BCUT2D eigenvalue weighted by Gasteiger charge is 2.18. The van der Waals surface area contributed by atoms with Gasteiger partial charge in [-0.3, -0.25) is 9.36 Å². The van der Waals surface area contributed by atoms with Gasteiger partial charge in [0, 0.05) is 13.0 Å². The number of halogens is 2. The van der Waals surface area contributed by atoms with Crippen molar-refractivity contribution in [3.63, 3.8) is 0 Å². The average Bonchev–Trinajstić information content (AvgIpc) is 3.57. The first kappa shape index (κ1) is 26.0. The van der Waals surface area contributed by atoms with Gasteiger partial charge in [-0.15, -0.1) is 10.2 Å². The summed E-state index contributed by atoms with van der Waals surface area (Å²) in [6, 6.07) is 25.4. The molecule has 0 aliphatic rings. The van der Waals surface area contributed by atoms with E-state index in [0.717, 1.165) is 29.1 Å². The van der Waals surface area contributed by atoms with Gasteiger partial charge in [0.2, 0.25) is 5.89 Å². The Morgan fingerprint density at radius 2 is 1.66 bits per heavy atom. The number of aromatic nitrogens is 4. The van der Waals surface area contributed by atoms with E-state index in [4.69, 9.17) is 27.6 Å². The van der Waals surface area contributed by atoms with Crippen LogP contribution in [0.15, 0.2) is 94.7 Å². The number of oxazole rings is 1. The van der Waals surface area contributed by atoms with Gasteiger partial charge in [-0.05, 0) is 35.7 Å². The van der Waals surface area contributed by atoms with Crippen molar-refractivity contribution in [3.05, 3.63) is 124 Å². The van der Waals surface area contributed by atoms with E-state index >= 15 is 0 Å². The second kappa shape index (κ2) is 12.3. The van der Waals surface area contributed by atoms with Gasteiger partial charge < -0.3 is 9.73 Å². The van der Waals surface area contributed by atoms with Gasteiger partial charge in [0.1, 0.15) is 12.1 Å². The Balaban J connectivity index is 1.28. The molecule has 0 bridgehead atoms. The number of hydrogen-bond donors (Lipinski definition) is 1. The van der Waals surface area contributed by atoms with Crippen LogP contribution in [0.5, 0.6) is 0 Å². The van der Waals surface area contributed by atoms with Crippen molar-refractivity contribution in [2.24, 2.45) is 0 Å². The van der Waals surface area contributed by atoms with Gasteiger partial charge >= 0.3 is 0 Å². The number of benzene rings is 3. The Morgan fingerprint density at radius 1 is 0.921 bits per heavy atom. The third-order valence-electron chi connectivity index (χ3n) is 5.72. The van der Waals surface area contributed by atoms with Crippen molar-refractivity contribution in [1.82, 2.24) is 25.1 Å². The Bertz CT molecular complexity index is 1520. The van der Waals surface area contributed by atoms with E-state index in [0.29, 0.717) is 39.8 Å². The zero-order valence-electron chi connectivity index (χ0n) is 20.2. The maximum absolute atomic E-state index is 12.5. The minimum absolute atomic E-state index is 0.240.